The molecule has 0 unspecified atom stereocenters. The summed E-state index contributed by atoms with van der Waals surface area (Å²) in [4.78, 5) is 10.8. The van der Waals surface area contributed by atoms with E-state index in [1.165, 1.54) is 36.6 Å². The van der Waals surface area contributed by atoms with Crippen LogP contribution in [0.2, 0.25) is 0 Å². The molecule has 0 bridgehead atoms. The van der Waals surface area contributed by atoms with Gasteiger partial charge in [0.15, 0.2) is 0 Å². The number of piperidine rings is 1. The van der Waals surface area contributed by atoms with Gasteiger partial charge in [-0.2, -0.15) is 0 Å². The van der Waals surface area contributed by atoms with Crippen molar-refractivity contribution < 1.29 is 14.5 Å². The molecule has 0 atom stereocenters. The zero-order valence-electron chi connectivity index (χ0n) is 11.3. The Kier molecular flexibility index (Phi) is 5.02. The SMILES string of the molecule is Cc1ccc(C(SCC(=O)O)=[N+]2CCCCC2)cc1. The third kappa shape index (κ3) is 4.10. The van der Waals surface area contributed by atoms with Crippen LogP contribution < -0.4 is 0 Å². The van der Waals surface area contributed by atoms with E-state index >= 15 is 0 Å². The van der Waals surface area contributed by atoms with Crippen molar-refractivity contribution in [2.45, 2.75) is 26.2 Å². The Hall–Kier alpha value is -1.29. The molecule has 3 nitrogen and oxygen atoms in total. The summed E-state index contributed by atoms with van der Waals surface area (Å²) in [5.41, 5.74) is 2.36. The Morgan fingerprint density at radius 2 is 1.84 bits per heavy atom. The molecule has 1 N–H and O–H groups in total. The predicted octanol–water partition coefficient (Wildman–Crippen LogP) is 2.76. The van der Waals surface area contributed by atoms with Crippen molar-refractivity contribution in [1.82, 2.24) is 0 Å². The number of hydrogen-bond acceptors (Lipinski definition) is 2. The molecule has 1 aliphatic heterocycles. The molecule has 1 aliphatic rings. The number of rotatable bonds is 3. The van der Waals surface area contributed by atoms with Crippen molar-refractivity contribution in [3.63, 3.8) is 0 Å². The van der Waals surface area contributed by atoms with Crippen molar-refractivity contribution >= 4 is 22.8 Å². The Balaban J connectivity index is 2.27. The highest BCUT2D eigenvalue weighted by Crippen LogP contribution is 2.17. The summed E-state index contributed by atoms with van der Waals surface area (Å²) in [6.45, 7) is 4.14. The zero-order valence-corrected chi connectivity index (χ0v) is 12.1. The molecular weight excluding hydrogens is 258 g/mol. The number of aryl methyl sites for hydroxylation is 1. The summed E-state index contributed by atoms with van der Waals surface area (Å²) < 4.78 is 2.34. The van der Waals surface area contributed by atoms with Crippen molar-refractivity contribution in [3.05, 3.63) is 35.4 Å². The van der Waals surface area contributed by atoms with E-state index in [4.69, 9.17) is 5.11 Å². The third-order valence-corrected chi connectivity index (χ3v) is 4.43. The van der Waals surface area contributed by atoms with E-state index in [2.05, 4.69) is 35.8 Å². The Morgan fingerprint density at radius 1 is 1.21 bits per heavy atom. The molecule has 0 amide bonds. The molecule has 1 aromatic rings. The third-order valence-electron chi connectivity index (χ3n) is 3.27. The van der Waals surface area contributed by atoms with Crippen molar-refractivity contribution in [2.75, 3.05) is 18.8 Å². The fourth-order valence-electron chi connectivity index (χ4n) is 2.28. The van der Waals surface area contributed by atoms with Gasteiger partial charge in [-0.1, -0.05) is 17.7 Å². The quantitative estimate of drug-likeness (QED) is 0.682. The van der Waals surface area contributed by atoms with Crippen LogP contribution in [-0.4, -0.2) is 39.5 Å². The number of thioether (sulfide) groups is 1. The predicted molar refractivity (Wildman–Crippen MR) is 79.2 cm³/mol. The normalized spacial score (nSPS) is 15.3. The van der Waals surface area contributed by atoms with Gasteiger partial charge in [0.1, 0.15) is 18.8 Å². The summed E-state index contributed by atoms with van der Waals surface area (Å²) >= 11 is 1.44. The minimum absolute atomic E-state index is 0.125. The van der Waals surface area contributed by atoms with Gasteiger partial charge in [0, 0.05) is 12.8 Å². The molecule has 0 radical (unpaired) electrons. The minimum atomic E-state index is -0.758. The van der Waals surface area contributed by atoms with E-state index in [-0.39, 0.29) is 5.75 Å². The first-order chi connectivity index (χ1) is 9.16. The van der Waals surface area contributed by atoms with Gasteiger partial charge < -0.3 is 5.11 Å². The molecule has 0 aliphatic carbocycles. The lowest BCUT2D eigenvalue weighted by Crippen LogP contribution is -2.27. The minimum Gasteiger partial charge on any atom is -0.481 e. The fraction of sp³-hybridized carbons (Fsp3) is 0.467. The van der Waals surface area contributed by atoms with E-state index in [1.807, 2.05) is 0 Å². The van der Waals surface area contributed by atoms with Gasteiger partial charge in [-0.05, 0) is 37.2 Å². The standard InChI is InChI=1S/C15H19NO2S/c1-12-5-7-13(8-6-12)15(19-11-14(17)18)16-9-3-2-4-10-16/h5-8H,2-4,9-11H2,1H3/p+1. The highest BCUT2D eigenvalue weighted by molar-refractivity contribution is 8.14. The molecule has 0 aromatic heterocycles. The molecular formula is C15H20NO2S+. The summed E-state index contributed by atoms with van der Waals surface area (Å²) in [5.74, 6) is -0.633. The van der Waals surface area contributed by atoms with Gasteiger partial charge in [0.05, 0.1) is 5.56 Å². The number of carboxylic acids is 1. The van der Waals surface area contributed by atoms with Crippen LogP contribution in [0.25, 0.3) is 0 Å². The van der Waals surface area contributed by atoms with Crippen LogP contribution in [-0.2, 0) is 4.79 Å². The topological polar surface area (TPSA) is 40.3 Å². The smallest absolute Gasteiger partial charge is 0.314 e. The van der Waals surface area contributed by atoms with Gasteiger partial charge >= 0.3 is 5.97 Å². The maximum Gasteiger partial charge on any atom is 0.314 e. The molecule has 0 saturated carbocycles. The number of carboxylic acid groups (broad SMARTS) is 1. The van der Waals surface area contributed by atoms with Crippen LogP contribution in [0.4, 0.5) is 0 Å². The molecule has 102 valence electrons. The largest absolute Gasteiger partial charge is 0.481 e. The van der Waals surface area contributed by atoms with Gasteiger partial charge in [0.25, 0.3) is 0 Å². The highest BCUT2D eigenvalue weighted by Gasteiger charge is 2.21. The van der Waals surface area contributed by atoms with Crippen LogP contribution in [0.15, 0.2) is 24.3 Å². The van der Waals surface area contributed by atoms with Crippen molar-refractivity contribution in [2.24, 2.45) is 0 Å². The van der Waals surface area contributed by atoms with E-state index < -0.39 is 5.97 Å². The summed E-state index contributed by atoms with van der Waals surface area (Å²) in [5, 5.41) is 10.0. The molecule has 0 spiro atoms. The summed E-state index contributed by atoms with van der Waals surface area (Å²) in [6, 6.07) is 8.35. The van der Waals surface area contributed by atoms with E-state index in [9.17, 15) is 4.79 Å². The average molecular weight is 278 g/mol. The van der Waals surface area contributed by atoms with Crippen LogP contribution in [0.3, 0.4) is 0 Å². The van der Waals surface area contributed by atoms with Crippen LogP contribution in [0.5, 0.6) is 0 Å². The number of hydrogen-bond donors (Lipinski definition) is 1. The van der Waals surface area contributed by atoms with E-state index in [0.717, 1.165) is 23.7 Å². The molecule has 4 heteroatoms. The monoisotopic (exact) mass is 278 g/mol. The fourth-order valence-corrected chi connectivity index (χ4v) is 3.21. The van der Waals surface area contributed by atoms with Gasteiger partial charge in [-0.3, -0.25) is 4.79 Å². The van der Waals surface area contributed by atoms with Crippen LogP contribution >= 0.6 is 11.8 Å². The first-order valence-corrected chi connectivity index (χ1v) is 7.69. The first kappa shape index (κ1) is 14.1. The van der Waals surface area contributed by atoms with Gasteiger partial charge in [-0.15, -0.1) is 0 Å². The lowest BCUT2D eigenvalue weighted by Gasteiger charge is -2.14. The molecule has 1 aromatic carbocycles. The second kappa shape index (κ2) is 6.75. The lowest BCUT2D eigenvalue weighted by molar-refractivity contribution is -0.534. The molecule has 1 heterocycles. The number of benzene rings is 1. The first-order valence-electron chi connectivity index (χ1n) is 6.70. The van der Waals surface area contributed by atoms with E-state index in [1.54, 1.807) is 0 Å². The van der Waals surface area contributed by atoms with Crippen LogP contribution in [0, 0.1) is 6.92 Å². The van der Waals surface area contributed by atoms with Crippen LogP contribution in [0.1, 0.15) is 30.4 Å². The second-order valence-electron chi connectivity index (χ2n) is 4.90. The van der Waals surface area contributed by atoms with E-state index in [0.29, 0.717) is 0 Å². The number of aliphatic carboxylic acids is 1. The summed E-state index contributed by atoms with van der Waals surface area (Å²) in [7, 11) is 0. The Bertz CT molecular complexity index is 471. The molecule has 19 heavy (non-hydrogen) atoms. The molecule has 2 rings (SSSR count). The molecule has 1 fully saturated rings. The number of carbonyl (C=O) groups is 1. The maximum atomic E-state index is 10.8. The number of nitrogens with zero attached hydrogens (tertiary/aromatic N) is 1. The van der Waals surface area contributed by atoms with Gasteiger partial charge in [0.2, 0.25) is 5.04 Å². The Labute approximate surface area is 118 Å². The van der Waals surface area contributed by atoms with Crippen molar-refractivity contribution in [1.29, 1.82) is 0 Å². The average Bonchev–Trinajstić information content (AvgIpc) is 2.42. The lowest BCUT2D eigenvalue weighted by atomic mass is 10.1. The second-order valence-corrected chi connectivity index (χ2v) is 5.87. The van der Waals surface area contributed by atoms with Crippen molar-refractivity contribution in [3.8, 4) is 0 Å². The molecule has 1 saturated heterocycles. The summed E-state index contributed by atoms with van der Waals surface area (Å²) in [6.07, 6.45) is 3.67. The van der Waals surface area contributed by atoms with Gasteiger partial charge in [-0.25, -0.2) is 4.58 Å². The maximum absolute atomic E-state index is 10.8. The Morgan fingerprint density at radius 3 is 2.42 bits per heavy atom. The zero-order chi connectivity index (χ0) is 13.7. The highest BCUT2D eigenvalue weighted by atomic mass is 32.2.